The molecule has 0 aromatic heterocycles. The molecule has 2 aliphatic heterocycles. The molecule has 31 nitrogen and oxygen atoms in total. The normalized spacial score (nSPS) is 22.4. The summed E-state index contributed by atoms with van der Waals surface area (Å²) < 4.78 is 5.74. The van der Waals surface area contributed by atoms with Crippen molar-refractivity contribution >= 4 is 82.8 Å². The first-order valence-electron chi connectivity index (χ1n) is 31.0. The minimum absolute atomic E-state index is 0.0624. The lowest BCUT2D eigenvalue weighted by Gasteiger charge is -2.33. The van der Waals surface area contributed by atoms with Crippen LogP contribution in [0.15, 0.2) is 35.3 Å². The SMILES string of the molecule is CC[C@H](C)[C@H](NC(=O)[C@@H](Cc1ccccc1)NC)C(=O)N[C@@H](CO)C(=O)N[C@H](CCC(N)=O)C(=O)N[C@@H](C(=O)N[C@H](C(=O)N[C@@H](CO)C(=O)N[C@H]1C(=O)N[C@@H](C)C(=O)N(C(C)=O)[C@@H](C[C@H]2CN=C(N)N2)C(=O)N[C@@H]([C@@H](C)CC)C(=O)O[C@H]1C)[C@@H](C)CC)[C@@H](C)CC. The maximum atomic E-state index is 14.4. The topological polar surface area (TPSA) is 472 Å². The number of aliphatic hydroxyl groups excluding tert-OH is 2. The van der Waals surface area contributed by atoms with Gasteiger partial charge >= 0.3 is 5.97 Å². The van der Waals surface area contributed by atoms with E-state index in [0.717, 1.165) is 12.5 Å². The van der Waals surface area contributed by atoms with E-state index < -0.39 is 205 Å². The zero-order valence-corrected chi connectivity index (χ0v) is 54.1. The van der Waals surface area contributed by atoms with E-state index in [-0.39, 0.29) is 31.8 Å². The Morgan fingerprint density at radius 1 is 0.659 bits per heavy atom. The Labute approximate surface area is 530 Å². The summed E-state index contributed by atoms with van der Waals surface area (Å²) in [6.07, 6.45) is -1.16. The van der Waals surface area contributed by atoms with Gasteiger partial charge in [0, 0.05) is 13.3 Å². The summed E-state index contributed by atoms with van der Waals surface area (Å²) in [5.74, 6) is -14.9. The van der Waals surface area contributed by atoms with E-state index in [9.17, 15) is 72.5 Å². The number of nitrogens with one attached hydrogen (secondary N) is 11. The number of aliphatic imine (C=N–C) groups is 1. The highest BCUT2D eigenvalue weighted by atomic mass is 16.5. The fraction of sp³-hybridized carbons (Fsp3) is 0.667. The molecule has 17 N–H and O–H groups in total. The molecule has 0 bridgehead atoms. The standard InChI is InChI=1S/C60H97N15O16/c1-13-29(5)44(71-50(81)39(63-12)24-36-20-18-17-19-21-36)54(85)68-40(27-76)51(82)67-38(22-23-43(61)79)49(80)70-46(31(7)15-3)56(87)72-45(30(6)14-2)55(86)69-41(28-77)52(83)74-48-34(10)91-59(90)47(32(8)16-4)73-53(84)42(25-37-26-64-60(62)66-37)75(35(11)78)58(89)33(9)65-57(48)88/h17-21,29-34,37-42,44-48,63,76-77H,13-16,22-28H2,1-12H3,(H2,61,79)(H,65,88)(H,67,82)(H,68,85)(H,69,86)(H,70,80)(H,71,81)(H,72,87)(H,73,84)(H,74,83)(H3,62,64,66)/t29-,30-,31-,32-,33-,34-,37-,38+,39+,40-,41-,42-,44-,45-,46+,47-,48+/m0/s1. The molecule has 2 heterocycles. The number of ether oxygens (including phenoxy) is 1. The number of rotatable bonds is 32. The zero-order chi connectivity index (χ0) is 68.6. The Kier molecular flexibility index (Phi) is 31.4. The van der Waals surface area contributed by atoms with Gasteiger partial charge in [0.15, 0.2) is 5.96 Å². The van der Waals surface area contributed by atoms with E-state index in [1.54, 1.807) is 62.4 Å². The molecule has 0 spiro atoms. The number of imide groups is 1. The Morgan fingerprint density at radius 2 is 1.14 bits per heavy atom. The molecule has 0 saturated carbocycles. The summed E-state index contributed by atoms with van der Waals surface area (Å²) in [6.45, 7) is 14.9. The number of aliphatic hydroxyl groups is 2. The average Bonchev–Trinajstić information content (AvgIpc) is 2.06. The molecule has 1 saturated heterocycles. The Balaban J connectivity index is 1.89. The van der Waals surface area contributed by atoms with Crippen molar-refractivity contribution in [1.29, 1.82) is 0 Å². The predicted octanol–water partition coefficient (Wildman–Crippen LogP) is -4.00. The number of nitrogens with two attached hydrogens (primary N) is 2. The zero-order valence-electron chi connectivity index (χ0n) is 54.1. The van der Waals surface area contributed by atoms with Crippen molar-refractivity contribution in [2.24, 2.45) is 40.1 Å². The van der Waals surface area contributed by atoms with Crippen LogP contribution in [0, 0.1) is 23.7 Å². The lowest BCUT2D eigenvalue weighted by molar-refractivity contribution is -0.157. The van der Waals surface area contributed by atoms with Crippen molar-refractivity contribution in [2.45, 2.75) is 206 Å². The van der Waals surface area contributed by atoms with E-state index in [1.807, 2.05) is 30.3 Å². The predicted molar refractivity (Wildman–Crippen MR) is 331 cm³/mol. The van der Waals surface area contributed by atoms with Gasteiger partial charge in [-0.1, -0.05) is 111 Å². The van der Waals surface area contributed by atoms with Gasteiger partial charge < -0.3 is 84.9 Å². The lowest BCUT2D eigenvalue weighted by Crippen LogP contribution is -2.63. The first kappa shape index (κ1) is 76.9. The van der Waals surface area contributed by atoms with Gasteiger partial charge in [-0.2, -0.15) is 0 Å². The van der Waals surface area contributed by atoms with Gasteiger partial charge in [0.1, 0.15) is 66.5 Å². The van der Waals surface area contributed by atoms with E-state index in [0.29, 0.717) is 24.2 Å². The van der Waals surface area contributed by atoms with Crippen molar-refractivity contribution in [1.82, 2.24) is 63.4 Å². The van der Waals surface area contributed by atoms with Crippen molar-refractivity contribution in [3.8, 4) is 0 Å². The highest BCUT2D eigenvalue weighted by Gasteiger charge is 2.44. The first-order valence-corrected chi connectivity index (χ1v) is 31.0. The minimum atomic E-state index is -1.87. The fourth-order valence-electron chi connectivity index (χ4n) is 10.0. The highest BCUT2D eigenvalue weighted by molar-refractivity contribution is 6.04. The van der Waals surface area contributed by atoms with E-state index in [1.165, 1.54) is 13.8 Å². The number of benzene rings is 1. The molecule has 1 aromatic rings. The third-order valence-electron chi connectivity index (χ3n) is 16.6. The molecule has 91 heavy (non-hydrogen) atoms. The Hall–Kier alpha value is -8.32. The van der Waals surface area contributed by atoms with Gasteiger partial charge in [-0.15, -0.1) is 0 Å². The number of hydrogen-bond donors (Lipinski definition) is 15. The number of likely N-dealkylation sites (N-methyl/N-ethyl adjacent to an activating group) is 1. The van der Waals surface area contributed by atoms with Crippen LogP contribution in [0.3, 0.4) is 0 Å². The number of carbonyl (C=O) groups is 13. The van der Waals surface area contributed by atoms with Crippen LogP contribution in [0.4, 0.5) is 0 Å². The Bertz CT molecular complexity index is 2760. The van der Waals surface area contributed by atoms with Gasteiger partial charge in [-0.25, -0.2) is 4.79 Å². The van der Waals surface area contributed by atoms with Gasteiger partial charge in [-0.05, 0) is 69.4 Å². The number of carbonyl (C=O) groups excluding carboxylic acids is 13. The molecule has 1 fully saturated rings. The van der Waals surface area contributed by atoms with Crippen LogP contribution >= 0.6 is 0 Å². The first-order chi connectivity index (χ1) is 42.9. The van der Waals surface area contributed by atoms with E-state index >= 15 is 0 Å². The number of guanidine groups is 1. The summed E-state index contributed by atoms with van der Waals surface area (Å²) in [6, 6.07) is -7.91. The van der Waals surface area contributed by atoms with E-state index in [4.69, 9.17) is 16.2 Å². The quantitative estimate of drug-likeness (QED) is 0.0306. The Morgan fingerprint density at radius 3 is 1.60 bits per heavy atom. The van der Waals surface area contributed by atoms with Gasteiger partial charge in [0.25, 0.3) is 5.91 Å². The maximum absolute atomic E-state index is 14.4. The number of amides is 12. The fourth-order valence-corrected chi connectivity index (χ4v) is 10.0. The number of cyclic esters (lactones) is 1. The van der Waals surface area contributed by atoms with Crippen molar-refractivity contribution in [3.63, 3.8) is 0 Å². The maximum Gasteiger partial charge on any atom is 0.329 e. The van der Waals surface area contributed by atoms with Crippen molar-refractivity contribution in [2.75, 3.05) is 26.8 Å². The highest BCUT2D eigenvalue weighted by Crippen LogP contribution is 2.20. The summed E-state index contributed by atoms with van der Waals surface area (Å²) in [5.41, 5.74) is 12.1. The third kappa shape index (κ3) is 22.5. The summed E-state index contributed by atoms with van der Waals surface area (Å²) in [7, 11) is 1.59. The molecule has 2 aliphatic rings. The summed E-state index contributed by atoms with van der Waals surface area (Å²) in [5, 5.41) is 49.5. The van der Waals surface area contributed by atoms with Gasteiger partial charge in [0.05, 0.1) is 31.8 Å². The van der Waals surface area contributed by atoms with Crippen LogP contribution in [0.25, 0.3) is 0 Å². The second-order valence-corrected chi connectivity index (χ2v) is 23.5. The van der Waals surface area contributed by atoms with Crippen LogP contribution in [0.2, 0.25) is 0 Å². The number of esters is 1. The van der Waals surface area contributed by atoms with Crippen molar-refractivity contribution in [3.05, 3.63) is 35.9 Å². The average molecular weight is 1280 g/mol. The number of nitrogens with zero attached hydrogens (tertiary/aromatic N) is 2. The van der Waals surface area contributed by atoms with Crippen LogP contribution < -0.4 is 70.0 Å². The molecule has 12 amide bonds. The second-order valence-electron chi connectivity index (χ2n) is 23.5. The molecule has 1 aromatic carbocycles. The molecular weight excluding hydrogens is 1190 g/mol. The van der Waals surface area contributed by atoms with Crippen LogP contribution in [-0.4, -0.2) is 203 Å². The monoisotopic (exact) mass is 1280 g/mol. The molecule has 0 radical (unpaired) electrons. The van der Waals surface area contributed by atoms with Crippen LogP contribution in [-0.2, 0) is 73.5 Å². The number of primary amides is 1. The summed E-state index contributed by atoms with van der Waals surface area (Å²) in [4.78, 5) is 185. The molecule has 3 rings (SSSR count). The molecular formula is C60H97N15O16. The summed E-state index contributed by atoms with van der Waals surface area (Å²) >= 11 is 0. The molecule has 17 atom stereocenters. The third-order valence-corrected chi connectivity index (χ3v) is 16.6. The van der Waals surface area contributed by atoms with Crippen molar-refractivity contribution < 1.29 is 77.3 Å². The van der Waals surface area contributed by atoms with Crippen LogP contribution in [0.5, 0.6) is 0 Å². The molecule has 0 unspecified atom stereocenters. The van der Waals surface area contributed by atoms with Crippen LogP contribution in [0.1, 0.15) is 127 Å². The second kappa shape index (κ2) is 37.1. The molecule has 508 valence electrons. The number of hydrogen-bond acceptors (Lipinski definition) is 20. The van der Waals surface area contributed by atoms with E-state index in [2.05, 4.69) is 63.5 Å². The smallest absolute Gasteiger partial charge is 0.329 e. The molecule has 0 aliphatic carbocycles. The minimum Gasteiger partial charge on any atom is -0.458 e. The lowest BCUT2D eigenvalue weighted by atomic mass is 9.94. The largest absolute Gasteiger partial charge is 0.458 e. The molecule has 31 heteroatoms. The van der Waals surface area contributed by atoms with Gasteiger partial charge in [-0.3, -0.25) is 67.4 Å². The van der Waals surface area contributed by atoms with Gasteiger partial charge in [0.2, 0.25) is 65.0 Å².